The zero-order valence-electron chi connectivity index (χ0n) is 14.1. The topological polar surface area (TPSA) is 119 Å². The molecule has 2 atom stereocenters. The predicted octanol–water partition coefficient (Wildman–Crippen LogP) is 0.746. The van der Waals surface area contributed by atoms with E-state index in [1.165, 1.54) is 6.92 Å². The monoisotopic (exact) mass is 373 g/mol. The Hall–Kier alpha value is -3.04. The molecule has 0 aliphatic heterocycles. The van der Waals surface area contributed by atoms with Gasteiger partial charge in [0.2, 0.25) is 0 Å². The molecule has 0 aromatic heterocycles. The lowest BCUT2D eigenvalue weighted by atomic mass is 9.87. The molecule has 0 bridgehead atoms. The SMILES string of the molecule is COC(=O)C(C(=O)OC)[C@H](C)[C@@H](NC(=O)c1ccc(F)c(F)c1)C(=O)O. The van der Waals surface area contributed by atoms with Crippen molar-refractivity contribution in [1.29, 1.82) is 0 Å². The molecular weight excluding hydrogens is 356 g/mol. The van der Waals surface area contributed by atoms with Crippen LogP contribution in [0.15, 0.2) is 18.2 Å². The van der Waals surface area contributed by atoms with E-state index in [4.69, 9.17) is 0 Å². The largest absolute Gasteiger partial charge is 0.480 e. The van der Waals surface area contributed by atoms with Crippen molar-refractivity contribution in [1.82, 2.24) is 5.32 Å². The summed E-state index contributed by atoms with van der Waals surface area (Å²) in [4.78, 5) is 47.2. The van der Waals surface area contributed by atoms with Crippen molar-refractivity contribution >= 4 is 23.8 Å². The minimum Gasteiger partial charge on any atom is -0.480 e. The van der Waals surface area contributed by atoms with Gasteiger partial charge in [-0.1, -0.05) is 6.92 Å². The number of carbonyl (C=O) groups is 4. The maximum Gasteiger partial charge on any atom is 0.326 e. The molecule has 0 aliphatic carbocycles. The summed E-state index contributed by atoms with van der Waals surface area (Å²) in [5, 5.41) is 11.4. The summed E-state index contributed by atoms with van der Waals surface area (Å²) >= 11 is 0. The van der Waals surface area contributed by atoms with Crippen molar-refractivity contribution in [3.05, 3.63) is 35.4 Å². The number of benzene rings is 1. The number of hydrogen-bond donors (Lipinski definition) is 2. The quantitative estimate of drug-likeness (QED) is 0.535. The number of halogens is 2. The second kappa shape index (κ2) is 8.88. The second-order valence-corrected chi connectivity index (χ2v) is 5.30. The van der Waals surface area contributed by atoms with E-state index in [2.05, 4.69) is 14.8 Å². The highest BCUT2D eigenvalue weighted by Gasteiger charge is 2.42. The number of hydrogen-bond acceptors (Lipinski definition) is 6. The molecule has 142 valence electrons. The molecule has 2 N–H and O–H groups in total. The van der Waals surface area contributed by atoms with Crippen LogP contribution < -0.4 is 5.32 Å². The molecule has 0 spiro atoms. The number of amides is 1. The highest BCUT2D eigenvalue weighted by Crippen LogP contribution is 2.20. The summed E-state index contributed by atoms with van der Waals surface area (Å²) in [5.41, 5.74) is -0.338. The first kappa shape index (κ1) is 21.0. The van der Waals surface area contributed by atoms with Gasteiger partial charge in [-0.3, -0.25) is 14.4 Å². The molecule has 1 aromatic carbocycles. The van der Waals surface area contributed by atoms with Crippen molar-refractivity contribution in [2.75, 3.05) is 14.2 Å². The molecule has 1 aromatic rings. The molecule has 26 heavy (non-hydrogen) atoms. The molecule has 10 heteroatoms. The Morgan fingerprint density at radius 3 is 2.00 bits per heavy atom. The van der Waals surface area contributed by atoms with Crippen molar-refractivity contribution in [2.45, 2.75) is 13.0 Å². The van der Waals surface area contributed by atoms with Gasteiger partial charge < -0.3 is 19.9 Å². The first-order valence-electron chi connectivity index (χ1n) is 7.28. The summed E-state index contributed by atoms with van der Waals surface area (Å²) in [6.45, 7) is 1.23. The van der Waals surface area contributed by atoms with Crippen molar-refractivity contribution < 1.29 is 42.5 Å². The van der Waals surface area contributed by atoms with E-state index < -0.39 is 53.3 Å². The van der Waals surface area contributed by atoms with E-state index in [-0.39, 0.29) is 5.56 Å². The van der Waals surface area contributed by atoms with E-state index in [1.54, 1.807) is 0 Å². The number of methoxy groups -OCH3 is 2. The third-order valence-electron chi connectivity index (χ3n) is 3.70. The Morgan fingerprint density at radius 2 is 1.58 bits per heavy atom. The summed E-state index contributed by atoms with van der Waals surface area (Å²) < 4.78 is 35.1. The predicted molar refractivity (Wildman–Crippen MR) is 81.9 cm³/mol. The lowest BCUT2D eigenvalue weighted by Crippen LogP contribution is -2.50. The molecule has 0 aliphatic rings. The second-order valence-electron chi connectivity index (χ2n) is 5.30. The number of esters is 2. The number of nitrogens with one attached hydrogen (secondary N) is 1. The molecular formula is C16H17F2NO7. The van der Waals surface area contributed by atoms with Crippen LogP contribution in [0.5, 0.6) is 0 Å². The minimum atomic E-state index is -1.71. The van der Waals surface area contributed by atoms with Crippen LogP contribution in [0.25, 0.3) is 0 Å². The lowest BCUT2D eigenvalue weighted by Gasteiger charge is -2.26. The smallest absolute Gasteiger partial charge is 0.326 e. The van der Waals surface area contributed by atoms with Gasteiger partial charge in [0.05, 0.1) is 14.2 Å². The summed E-state index contributed by atoms with van der Waals surface area (Å²) in [7, 11) is 2.00. The van der Waals surface area contributed by atoms with Gasteiger partial charge in [-0.2, -0.15) is 0 Å². The fraction of sp³-hybridized carbons (Fsp3) is 0.375. The number of carboxylic acids is 1. The van der Waals surface area contributed by atoms with Crippen LogP contribution in [0, 0.1) is 23.5 Å². The third kappa shape index (κ3) is 4.74. The van der Waals surface area contributed by atoms with E-state index in [9.17, 15) is 33.1 Å². The van der Waals surface area contributed by atoms with Gasteiger partial charge >= 0.3 is 17.9 Å². The Labute approximate surface area is 147 Å². The minimum absolute atomic E-state index is 0.338. The maximum absolute atomic E-state index is 13.2. The normalized spacial score (nSPS) is 12.8. The van der Waals surface area contributed by atoms with Crippen LogP contribution in [0.1, 0.15) is 17.3 Å². The third-order valence-corrected chi connectivity index (χ3v) is 3.70. The molecule has 0 heterocycles. The molecule has 0 unspecified atom stereocenters. The van der Waals surface area contributed by atoms with Crippen LogP contribution in [0.2, 0.25) is 0 Å². The van der Waals surface area contributed by atoms with Gasteiger partial charge in [-0.05, 0) is 18.2 Å². The van der Waals surface area contributed by atoms with Gasteiger partial charge in [0.25, 0.3) is 5.91 Å². The fourth-order valence-electron chi connectivity index (χ4n) is 2.25. The zero-order valence-corrected chi connectivity index (χ0v) is 14.1. The summed E-state index contributed by atoms with van der Waals surface area (Å²) in [6.07, 6.45) is 0. The molecule has 0 saturated heterocycles. The Balaban J connectivity index is 3.11. The molecule has 1 amide bonds. The molecule has 0 radical (unpaired) electrons. The van der Waals surface area contributed by atoms with Crippen LogP contribution in [0.3, 0.4) is 0 Å². The number of rotatable bonds is 7. The maximum atomic E-state index is 13.2. The van der Waals surface area contributed by atoms with Gasteiger partial charge in [0, 0.05) is 11.5 Å². The van der Waals surface area contributed by atoms with Gasteiger partial charge in [-0.25, -0.2) is 13.6 Å². The Bertz CT molecular complexity index is 707. The van der Waals surface area contributed by atoms with Gasteiger partial charge in [0.1, 0.15) is 6.04 Å². The van der Waals surface area contributed by atoms with Crippen LogP contribution in [-0.4, -0.2) is 49.2 Å². The number of aliphatic carboxylic acids is 1. The van der Waals surface area contributed by atoms with Crippen LogP contribution in [0.4, 0.5) is 8.78 Å². The highest BCUT2D eigenvalue weighted by molar-refractivity contribution is 5.98. The van der Waals surface area contributed by atoms with Crippen LogP contribution in [-0.2, 0) is 23.9 Å². The van der Waals surface area contributed by atoms with Crippen molar-refractivity contribution in [2.24, 2.45) is 11.8 Å². The fourth-order valence-corrected chi connectivity index (χ4v) is 2.25. The van der Waals surface area contributed by atoms with Gasteiger partial charge in [-0.15, -0.1) is 0 Å². The van der Waals surface area contributed by atoms with E-state index >= 15 is 0 Å². The number of carboxylic acid groups (broad SMARTS) is 1. The Kier molecular flexibility index (Phi) is 7.17. The summed E-state index contributed by atoms with van der Waals surface area (Å²) in [5.74, 6) is -10.0. The average molecular weight is 373 g/mol. The Morgan fingerprint density at radius 1 is 1.04 bits per heavy atom. The molecule has 0 fully saturated rings. The standard InChI is InChI=1S/C16H17F2NO7/c1-7(11(15(23)25-2)16(24)26-3)12(14(21)22)19-13(20)8-4-5-9(17)10(18)6-8/h4-7,11-12H,1-3H3,(H,19,20)(H,21,22)/t7-,12+/m0/s1. The van der Waals surface area contributed by atoms with E-state index in [0.717, 1.165) is 20.3 Å². The molecule has 0 saturated carbocycles. The highest BCUT2D eigenvalue weighted by atomic mass is 19.2. The first-order chi connectivity index (χ1) is 12.1. The van der Waals surface area contributed by atoms with Gasteiger partial charge in [0.15, 0.2) is 17.6 Å². The zero-order chi connectivity index (χ0) is 20.0. The molecule has 8 nitrogen and oxygen atoms in total. The average Bonchev–Trinajstić information content (AvgIpc) is 2.60. The number of carbonyl (C=O) groups excluding carboxylic acids is 3. The first-order valence-corrected chi connectivity index (χ1v) is 7.28. The summed E-state index contributed by atoms with van der Waals surface area (Å²) in [6, 6.07) is 0.538. The van der Waals surface area contributed by atoms with E-state index in [0.29, 0.717) is 12.1 Å². The molecule has 1 rings (SSSR count). The number of ether oxygens (including phenoxy) is 2. The van der Waals surface area contributed by atoms with Crippen LogP contribution >= 0.6 is 0 Å². The van der Waals surface area contributed by atoms with Crippen molar-refractivity contribution in [3.63, 3.8) is 0 Å². The van der Waals surface area contributed by atoms with Crippen molar-refractivity contribution in [3.8, 4) is 0 Å². The van der Waals surface area contributed by atoms with E-state index in [1.807, 2.05) is 0 Å². The lowest BCUT2D eigenvalue weighted by molar-refractivity contribution is -0.162.